The highest BCUT2D eigenvalue weighted by molar-refractivity contribution is 6.14. The minimum atomic E-state index is -0.0742. The fourth-order valence-electron chi connectivity index (χ4n) is 7.58. The van der Waals surface area contributed by atoms with E-state index in [2.05, 4.69) is 135 Å². The zero-order valence-corrected chi connectivity index (χ0v) is 23.9. The van der Waals surface area contributed by atoms with Crippen molar-refractivity contribution in [1.82, 2.24) is 4.57 Å². The van der Waals surface area contributed by atoms with Crippen molar-refractivity contribution in [3.63, 3.8) is 0 Å². The summed E-state index contributed by atoms with van der Waals surface area (Å²) in [5, 5.41) is 4.99. The zero-order chi connectivity index (χ0) is 28.2. The van der Waals surface area contributed by atoms with Crippen molar-refractivity contribution in [2.45, 2.75) is 26.2 Å². The van der Waals surface area contributed by atoms with Crippen LogP contribution >= 0.6 is 0 Å². The van der Waals surface area contributed by atoms with Crippen LogP contribution < -0.4 is 0 Å². The van der Waals surface area contributed by atoms with Crippen LogP contribution in [0.15, 0.2) is 126 Å². The molecule has 1 aliphatic carbocycles. The lowest BCUT2D eigenvalue weighted by molar-refractivity contribution is 0.666. The van der Waals surface area contributed by atoms with Crippen LogP contribution in [0.4, 0.5) is 0 Å². The predicted molar refractivity (Wildman–Crippen MR) is 176 cm³/mol. The van der Waals surface area contributed by atoms with Crippen molar-refractivity contribution in [1.29, 1.82) is 0 Å². The molecule has 2 aromatic heterocycles. The topological polar surface area (TPSA) is 18.1 Å². The second-order valence-corrected chi connectivity index (χ2v) is 12.2. The number of furan rings is 1. The van der Waals surface area contributed by atoms with E-state index in [4.69, 9.17) is 4.42 Å². The summed E-state index contributed by atoms with van der Waals surface area (Å²) in [6.45, 7) is 6.99. The highest BCUT2D eigenvalue weighted by atomic mass is 16.3. The fourth-order valence-corrected chi connectivity index (χ4v) is 7.58. The molecule has 0 spiro atoms. The number of rotatable bonds is 2. The quantitative estimate of drug-likeness (QED) is 0.214. The number of fused-ring (bicyclic) bond motifs is 10. The molecule has 2 nitrogen and oxygen atoms in total. The van der Waals surface area contributed by atoms with Crippen molar-refractivity contribution < 1.29 is 4.42 Å². The molecule has 0 N–H and O–H groups in total. The van der Waals surface area contributed by atoms with Gasteiger partial charge in [-0.1, -0.05) is 92.7 Å². The lowest BCUT2D eigenvalue weighted by Gasteiger charge is -2.22. The minimum absolute atomic E-state index is 0.0742. The van der Waals surface area contributed by atoms with Crippen LogP contribution in [-0.2, 0) is 5.41 Å². The van der Waals surface area contributed by atoms with Gasteiger partial charge in [0, 0.05) is 32.6 Å². The van der Waals surface area contributed by atoms with E-state index in [9.17, 15) is 0 Å². The van der Waals surface area contributed by atoms with Gasteiger partial charge in [0.25, 0.3) is 0 Å². The van der Waals surface area contributed by atoms with Gasteiger partial charge in [0.15, 0.2) is 0 Å². The zero-order valence-electron chi connectivity index (χ0n) is 23.9. The van der Waals surface area contributed by atoms with Gasteiger partial charge in [0.05, 0.1) is 11.0 Å². The predicted octanol–water partition coefficient (Wildman–Crippen LogP) is 11.0. The van der Waals surface area contributed by atoms with Gasteiger partial charge in [-0.05, 0) is 88.3 Å². The first-order valence-electron chi connectivity index (χ1n) is 14.7. The first-order valence-corrected chi connectivity index (χ1v) is 14.7. The van der Waals surface area contributed by atoms with Crippen LogP contribution in [0.25, 0.3) is 71.7 Å². The molecule has 0 amide bonds. The van der Waals surface area contributed by atoms with Crippen molar-refractivity contribution in [3.05, 3.63) is 138 Å². The van der Waals surface area contributed by atoms with Gasteiger partial charge in [-0.2, -0.15) is 0 Å². The Morgan fingerprint density at radius 3 is 2.17 bits per heavy atom. The molecule has 0 aliphatic heterocycles. The average Bonchev–Trinajstić information content (AvgIpc) is 3.63. The first-order chi connectivity index (χ1) is 20.5. The van der Waals surface area contributed by atoms with E-state index in [0.29, 0.717) is 0 Å². The summed E-state index contributed by atoms with van der Waals surface area (Å²) in [5.41, 5.74) is 14.7. The standard InChI is InChI=1S/C40H29NO/c1-24-22-25(26-17-21-37-31(23-26)28-11-6-9-15-36(28)42-37)16-19-33(24)41-34-14-8-5-12-30(34)38-35(41)20-18-29-27-10-4-7-13-32(27)40(2,3)39(29)38/h4-23H,1-3H3. The third-order valence-corrected chi connectivity index (χ3v) is 9.50. The maximum absolute atomic E-state index is 6.08. The van der Waals surface area contributed by atoms with Gasteiger partial charge < -0.3 is 8.98 Å². The molecule has 0 radical (unpaired) electrons. The number of hydrogen-bond donors (Lipinski definition) is 0. The third-order valence-electron chi connectivity index (χ3n) is 9.50. The van der Waals surface area contributed by atoms with E-state index in [1.165, 1.54) is 66.4 Å². The van der Waals surface area contributed by atoms with Crippen molar-refractivity contribution in [2.24, 2.45) is 0 Å². The molecule has 200 valence electrons. The Morgan fingerprint density at radius 1 is 0.571 bits per heavy atom. The Kier molecular flexibility index (Phi) is 4.63. The molecule has 0 fully saturated rings. The lowest BCUT2D eigenvalue weighted by atomic mass is 9.80. The molecular formula is C40H29NO. The average molecular weight is 540 g/mol. The molecule has 6 aromatic carbocycles. The third kappa shape index (κ3) is 3.04. The maximum Gasteiger partial charge on any atom is 0.135 e. The molecule has 9 rings (SSSR count). The molecule has 0 bridgehead atoms. The molecule has 2 heterocycles. The summed E-state index contributed by atoms with van der Waals surface area (Å²) in [6.07, 6.45) is 0. The molecule has 0 saturated heterocycles. The van der Waals surface area contributed by atoms with Gasteiger partial charge >= 0.3 is 0 Å². The molecular weight excluding hydrogens is 510 g/mol. The second kappa shape index (κ2) is 8.24. The Balaban J connectivity index is 1.25. The largest absolute Gasteiger partial charge is 0.456 e. The van der Waals surface area contributed by atoms with Crippen LogP contribution in [-0.4, -0.2) is 4.57 Å². The molecule has 42 heavy (non-hydrogen) atoms. The van der Waals surface area contributed by atoms with E-state index in [0.717, 1.165) is 21.9 Å². The SMILES string of the molecule is Cc1cc(-c2ccc3oc4ccccc4c3c2)ccc1-n1c2ccccc2c2c3c(ccc21)-c1ccccc1C3(C)C. The van der Waals surface area contributed by atoms with Crippen molar-refractivity contribution >= 4 is 43.7 Å². The molecule has 1 aliphatic rings. The Labute approximate surface area is 244 Å². The summed E-state index contributed by atoms with van der Waals surface area (Å²) < 4.78 is 8.55. The number of benzene rings is 6. The number of aryl methyl sites for hydroxylation is 1. The summed E-state index contributed by atoms with van der Waals surface area (Å²) in [4.78, 5) is 0. The van der Waals surface area contributed by atoms with E-state index in [1.807, 2.05) is 12.1 Å². The number of para-hydroxylation sites is 2. The van der Waals surface area contributed by atoms with Gasteiger partial charge in [-0.25, -0.2) is 0 Å². The highest BCUT2D eigenvalue weighted by Gasteiger charge is 2.38. The van der Waals surface area contributed by atoms with Gasteiger partial charge in [0.1, 0.15) is 11.2 Å². The van der Waals surface area contributed by atoms with Crippen LogP contribution in [0.3, 0.4) is 0 Å². The number of hydrogen-bond acceptors (Lipinski definition) is 1. The van der Waals surface area contributed by atoms with E-state index >= 15 is 0 Å². The van der Waals surface area contributed by atoms with Crippen molar-refractivity contribution in [2.75, 3.05) is 0 Å². The summed E-state index contributed by atoms with van der Waals surface area (Å²) in [7, 11) is 0. The monoisotopic (exact) mass is 539 g/mol. The van der Waals surface area contributed by atoms with Gasteiger partial charge in [0.2, 0.25) is 0 Å². The van der Waals surface area contributed by atoms with Crippen LogP contribution in [0.5, 0.6) is 0 Å². The highest BCUT2D eigenvalue weighted by Crippen LogP contribution is 2.53. The molecule has 0 saturated carbocycles. The second-order valence-electron chi connectivity index (χ2n) is 12.2. The first kappa shape index (κ1) is 23.6. The number of nitrogens with zero attached hydrogens (tertiary/aromatic N) is 1. The lowest BCUT2D eigenvalue weighted by Crippen LogP contribution is -2.15. The van der Waals surface area contributed by atoms with Gasteiger partial charge in [-0.15, -0.1) is 0 Å². The normalized spacial score (nSPS) is 13.8. The fraction of sp³-hybridized carbons (Fsp3) is 0.100. The maximum atomic E-state index is 6.08. The van der Waals surface area contributed by atoms with Crippen LogP contribution in [0, 0.1) is 6.92 Å². The smallest absolute Gasteiger partial charge is 0.135 e. The van der Waals surface area contributed by atoms with Gasteiger partial charge in [-0.3, -0.25) is 0 Å². The summed E-state index contributed by atoms with van der Waals surface area (Å²) in [5.74, 6) is 0. The minimum Gasteiger partial charge on any atom is -0.456 e. The molecule has 8 aromatic rings. The Bertz CT molecular complexity index is 2400. The van der Waals surface area contributed by atoms with E-state index < -0.39 is 0 Å². The van der Waals surface area contributed by atoms with Crippen molar-refractivity contribution in [3.8, 4) is 27.9 Å². The Hall–Kier alpha value is -5.08. The van der Waals surface area contributed by atoms with Crippen LogP contribution in [0.2, 0.25) is 0 Å². The van der Waals surface area contributed by atoms with Crippen LogP contribution in [0.1, 0.15) is 30.5 Å². The molecule has 0 atom stereocenters. The van der Waals surface area contributed by atoms with E-state index in [1.54, 1.807) is 0 Å². The summed E-state index contributed by atoms with van der Waals surface area (Å²) in [6, 6.07) is 44.2. The Morgan fingerprint density at radius 2 is 1.29 bits per heavy atom. The van der Waals surface area contributed by atoms with E-state index in [-0.39, 0.29) is 5.41 Å². The molecule has 2 heteroatoms. The summed E-state index contributed by atoms with van der Waals surface area (Å²) >= 11 is 0. The molecule has 0 unspecified atom stereocenters. The number of aromatic nitrogens is 1.